The van der Waals surface area contributed by atoms with Gasteiger partial charge in [0.15, 0.2) is 6.61 Å². The number of hydrogen-bond acceptors (Lipinski definition) is 4. The molecule has 1 aromatic rings. The van der Waals surface area contributed by atoms with Crippen LogP contribution in [0.15, 0.2) is 24.3 Å². The zero-order valence-corrected chi connectivity index (χ0v) is 12.5. The maximum absolute atomic E-state index is 11.7. The van der Waals surface area contributed by atoms with Crippen LogP contribution in [0.1, 0.15) is 27.2 Å². The molecule has 0 bridgehead atoms. The molecule has 0 fully saturated rings. The SMILES string of the molecule is CCOc1ccc(OCC(=O)NC(C)(CC)C(=O)O)cc1. The monoisotopic (exact) mass is 295 g/mol. The molecule has 1 rings (SSSR count). The van der Waals surface area contributed by atoms with Crippen molar-refractivity contribution in [2.45, 2.75) is 32.7 Å². The minimum atomic E-state index is -1.28. The third kappa shape index (κ3) is 4.98. The number of hydrogen-bond donors (Lipinski definition) is 2. The van der Waals surface area contributed by atoms with Crippen molar-refractivity contribution >= 4 is 11.9 Å². The molecule has 6 heteroatoms. The van der Waals surface area contributed by atoms with Gasteiger partial charge in [-0.25, -0.2) is 4.79 Å². The van der Waals surface area contributed by atoms with Gasteiger partial charge in [-0.1, -0.05) is 6.92 Å². The molecule has 2 N–H and O–H groups in total. The quantitative estimate of drug-likeness (QED) is 0.764. The summed E-state index contributed by atoms with van der Waals surface area (Å²) in [5.41, 5.74) is -1.28. The average molecular weight is 295 g/mol. The van der Waals surface area contributed by atoms with E-state index in [0.29, 0.717) is 12.4 Å². The van der Waals surface area contributed by atoms with Crippen molar-refractivity contribution in [2.24, 2.45) is 0 Å². The lowest BCUT2D eigenvalue weighted by Gasteiger charge is -2.24. The average Bonchev–Trinajstić information content (AvgIpc) is 2.46. The summed E-state index contributed by atoms with van der Waals surface area (Å²) < 4.78 is 10.6. The van der Waals surface area contributed by atoms with E-state index in [9.17, 15) is 9.59 Å². The van der Waals surface area contributed by atoms with Crippen molar-refractivity contribution in [3.63, 3.8) is 0 Å². The van der Waals surface area contributed by atoms with Crippen LogP contribution in [0.3, 0.4) is 0 Å². The molecule has 0 aliphatic carbocycles. The fourth-order valence-corrected chi connectivity index (χ4v) is 1.58. The van der Waals surface area contributed by atoms with Crippen LogP contribution in [-0.4, -0.2) is 35.7 Å². The summed E-state index contributed by atoms with van der Waals surface area (Å²) in [7, 11) is 0. The molecule has 0 spiro atoms. The van der Waals surface area contributed by atoms with E-state index < -0.39 is 17.4 Å². The number of carbonyl (C=O) groups is 2. The Hall–Kier alpha value is -2.24. The molecule has 1 amide bonds. The highest BCUT2D eigenvalue weighted by Gasteiger charge is 2.32. The predicted molar refractivity (Wildman–Crippen MR) is 77.6 cm³/mol. The van der Waals surface area contributed by atoms with Gasteiger partial charge in [-0.2, -0.15) is 0 Å². The highest BCUT2D eigenvalue weighted by atomic mass is 16.5. The molecule has 1 unspecified atom stereocenters. The standard InChI is InChI=1S/C15H21NO5/c1-4-15(3,14(18)19)16-13(17)10-21-12-8-6-11(7-9-12)20-5-2/h6-9H,4-5,10H2,1-3H3,(H,16,17)(H,18,19). The van der Waals surface area contributed by atoms with Gasteiger partial charge in [-0.05, 0) is 44.5 Å². The Morgan fingerprint density at radius 3 is 2.10 bits per heavy atom. The third-order valence-corrected chi connectivity index (χ3v) is 3.10. The summed E-state index contributed by atoms with van der Waals surface area (Å²) in [5, 5.41) is 11.5. The van der Waals surface area contributed by atoms with Crippen molar-refractivity contribution in [3.8, 4) is 11.5 Å². The van der Waals surface area contributed by atoms with Crippen molar-refractivity contribution in [3.05, 3.63) is 24.3 Å². The van der Waals surface area contributed by atoms with Gasteiger partial charge >= 0.3 is 5.97 Å². The van der Waals surface area contributed by atoms with Gasteiger partial charge < -0.3 is 19.9 Å². The van der Waals surface area contributed by atoms with Crippen LogP contribution in [0.5, 0.6) is 11.5 Å². The Kier molecular flexibility index (Phi) is 6.02. The van der Waals surface area contributed by atoms with Crippen LogP contribution in [-0.2, 0) is 9.59 Å². The van der Waals surface area contributed by atoms with Crippen molar-refractivity contribution < 1.29 is 24.2 Å². The molecule has 0 aromatic heterocycles. The van der Waals surface area contributed by atoms with Gasteiger partial charge in [-0.3, -0.25) is 4.79 Å². The topological polar surface area (TPSA) is 84.9 Å². The third-order valence-electron chi connectivity index (χ3n) is 3.10. The first kappa shape index (κ1) is 16.8. The number of ether oxygens (including phenoxy) is 2. The summed E-state index contributed by atoms with van der Waals surface area (Å²) in [6.07, 6.45) is 0.289. The number of carbonyl (C=O) groups excluding carboxylic acids is 1. The van der Waals surface area contributed by atoms with Crippen LogP contribution < -0.4 is 14.8 Å². The van der Waals surface area contributed by atoms with Crippen molar-refractivity contribution in [1.82, 2.24) is 5.32 Å². The largest absolute Gasteiger partial charge is 0.494 e. The van der Waals surface area contributed by atoms with E-state index in [0.717, 1.165) is 5.75 Å². The number of rotatable bonds is 8. The van der Waals surface area contributed by atoms with E-state index >= 15 is 0 Å². The highest BCUT2D eigenvalue weighted by molar-refractivity contribution is 5.87. The molecule has 116 valence electrons. The lowest BCUT2D eigenvalue weighted by atomic mass is 9.99. The summed E-state index contributed by atoms with van der Waals surface area (Å²) in [6, 6.07) is 6.86. The van der Waals surface area contributed by atoms with Crippen molar-refractivity contribution in [1.29, 1.82) is 0 Å². The van der Waals surface area contributed by atoms with E-state index in [1.54, 1.807) is 31.2 Å². The molecule has 0 aliphatic rings. The molecule has 1 aromatic carbocycles. The second-order valence-corrected chi connectivity index (χ2v) is 4.73. The van der Waals surface area contributed by atoms with E-state index in [1.165, 1.54) is 6.92 Å². The first-order valence-corrected chi connectivity index (χ1v) is 6.81. The van der Waals surface area contributed by atoms with E-state index in [-0.39, 0.29) is 13.0 Å². The lowest BCUT2D eigenvalue weighted by Crippen LogP contribution is -2.53. The zero-order chi connectivity index (χ0) is 15.9. The first-order valence-electron chi connectivity index (χ1n) is 6.81. The van der Waals surface area contributed by atoms with E-state index in [2.05, 4.69) is 5.32 Å². The number of amides is 1. The van der Waals surface area contributed by atoms with E-state index in [4.69, 9.17) is 14.6 Å². The number of benzene rings is 1. The Morgan fingerprint density at radius 1 is 1.14 bits per heavy atom. The second-order valence-electron chi connectivity index (χ2n) is 4.73. The van der Waals surface area contributed by atoms with Crippen LogP contribution in [0.4, 0.5) is 0 Å². The number of carboxylic acid groups (broad SMARTS) is 1. The Morgan fingerprint density at radius 2 is 1.67 bits per heavy atom. The Labute approximate surface area is 124 Å². The maximum Gasteiger partial charge on any atom is 0.329 e. The maximum atomic E-state index is 11.7. The number of nitrogens with one attached hydrogen (secondary N) is 1. The van der Waals surface area contributed by atoms with Gasteiger partial charge in [0.2, 0.25) is 0 Å². The van der Waals surface area contributed by atoms with Crippen LogP contribution in [0.2, 0.25) is 0 Å². The molecule has 0 radical (unpaired) electrons. The lowest BCUT2D eigenvalue weighted by molar-refractivity contribution is -0.147. The number of carboxylic acids is 1. The minimum absolute atomic E-state index is 0.239. The normalized spacial score (nSPS) is 13.1. The van der Waals surface area contributed by atoms with Gasteiger partial charge in [-0.15, -0.1) is 0 Å². The van der Waals surface area contributed by atoms with Gasteiger partial charge in [0.25, 0.3) is 5.91 Å². The summed E-state index contributed by atoms with van der Waals surface area (Å²) in [4.78, 5) is 22.8. The Bertz CT molecular complexity index is 485. The molecule has 21 heavy (non-hydrogen) atoms. The van der Waals surface area contributed by atoms with Gasteiger partial charge in [0.05, 0.1) is 6.61 Å². The predicted octanol–water partition coefficient (Wildman–Crippen LogP) is 1.83. The van der Waals surface area contributed by atoms with Crippen LogP contribution in [0, 0.1) is 0 Å². The fourth-order valence-electron chi connectivity index (χ4n) is 1.58. The molecule has 0 heterocycles. The van der Waals surface area contributed by atoms with Crippen LogP contribution >= 0.6 is 0 Å². The second kappa shape index (κ2) is 7.52. The summed E-state index contributed by atoms with van der Waals surface area (Å²) in [5.74, 6) is -0.309. The van der Waals surface area contributed by atoms with Gasteiger partial charge in [0.1, 0.15) is 17.0 Å². The summed E-state index contributed by atoms with van der Waals surface area (Å²) in [6.45, 7) is 5.39. The summed E-state index contributed by atoms with van der Waals surface area (Å²) >= 11 is 0. The van der Waals surface area contributed by atoms with Gasteiger partial charge in [0, 0.05) is 0 Å². The molecule has 0 aliphatic heterocycles. The van der Waals surface area contributed by atoms with Crippen molar-refractivity contribution in [2.75, 3.05) is 13.2 Å². The molecular formula is C15H21NO5. The molecule has 6 nitrogen and oxygen atoms in total. The van der Waals surface area contributed by atoms with E-state index in [1.807, 2.05) is 6.92 Å². The molecule has 0 saturated heterocycles. The number of aliphatic carboxylic acids is 1. The molecular weight excluding hydrogens is 274 g/mol. The van der Waals surface area contributed by atoms with Crippen LogP contribution in [0.25, 0.3) is 0 Å². The Balaban J connectivity index is 2.51. The smallest absolute Gasteiger partial charge is 0.329 e. The molecule has 0 saturated carbocycles. The molecule has 1 atom stereocenters. The highest BCUT2D eigenvalue weighted by Crippen LogP contribution is 2.17. The first-order chi connectivity index (χ1) is 9.91. The fraction of sp³-hybridized carbons (Fsp3) is 0.467. The zero-order valence-electron chi connectivity index (χ0n) is 12.5. The minimum Gasteiger partial charge on any atom is -0.494 e.